The molecule has 1 aliphatic rings. The second-order valence-corrected chi connectivity index (χ2v) is 3.75. The molecule has 0 aromatic carbocycles. The van der Waals surface area contributed by atoms with Gasteiger partial charge in [-0.2, -0.15) is 0 Å². The minimum atomic E-state index is 0.514. The summed E-state index contributed by atoms with van der Waals surface area (Å²) >= 11 is 0. The number of nitrogens with zero attached hydrogens (tertiary/aromatic N) is 2. The van der Waals surface area contributed by atoms with Gasteiger partial charge in [-0.3, -0.25) is 0 Å². The lowest BCUT2D eigenvalue weighted by Crippen LogP contribution is -2.17. The molecule has 0 atom stereocenters. The van der Waals surface area contributed by atoms with E-state index in [0.29, 0.717) is 12.5 Å². The summed E-state index contributed by atoms with van der Waals surface area (Å²) in [4.78, 5) is 4.31. The molecular formula is C10H17N3O. The van der Waals surface area contributed by atoms with Crippen LogP contribution in [0, 0.1) is 0 Å². The maximum atomic E-state index is 5.59. The predicted octanol–water partition coefficient (Wildman–Crippen LogP) is 0.773. The van der Waals surface area contributed by atoms with Gasteiger partial charge in [0, 0.05) is 38.1 Å². The van der Waals surface area contributed by atoms with E-state index in [9.17, 15) is 0 Å². The van der Waals surface area contributed by atoms with Crippen LogP contribution in [0.3, 0.4) is 0 Å². The lowest BCUT2D eigenvalue weighted by molar-refractivity contribution is 0.0839. The van der Waals surface area contributed by atoms with Gasteiger partial charge in [-0.1, -0.05) is 0 Å². The third-order valence-electron chi connectivity index (χ3n) is 2.94. The fraction of sp³-hybridized carbons (Fsp3) is 0.700. The Hall–Kier alpha value is -0.870. The van der Waals surface area contributed by atoms with Crippen molar-refractivity contribution < 1.29 is 4.74 Å². The molecule has 0 aliphatic carbocycles. The van der Waals surface area contributed by atoms with Crippen molar-refractivity contribution in [1.29, 1.82) is 0 Å². The van der Waals surface area contributed by atoms with E-state index in [2.05, 4.69) is 9.55 Å². The average molecular weight is 195 g/mol. The van der Waals surface area contributed by atoms with Gasteiger partial charge in [0.1, 0.15) is 5.82 Å². The highest BCUT2D eigenvalue weighted by Gasteiger charge is 2.19. The SMILES string of the molecule is Cn1c(C2CCOCC2)cnc1CN. The zero-order valence-electron chi connectivity index (χ0n) is 8.57. The van der Waals surface area contributed by atoms with Gasteiger partial charge in [0.15, 0.2) is 0 Å². The molecule has 0 unspecified atom stereocenters. The smallest absolute Gasteiger partial charge is 0.122 e. The average Bonchev–Trinajstić information content (AvgIpc) is 2.61. The topological polar surface area (TPSA) is 53.1 Å². The Bertz CT molecular complexity index is 302. The maximum absolute atomic E-state index is 5.59. The Labute approximate surface area is 84.1 Å². The normalized spacial score (nSPS) is 18.7. The molecule has 2 heterocycles. The lowest BCUT2D eigenvalue weighted by Gasteiger charge is -2.22. The number of nitrogens with two attached hydrogens (primary N) is 1. The molecule has 78 valence electrons. The third kappa shape index (κ3) is 1.67. The molecule has 4 nitrogen and oxygen atoms in total. The Kier molecular flexibility index (Phi) is 2.84. The van der Waals surface area contributed by atoms with Crippen LogP contribution in [-0.2, 0) is 18.3 Å². The monoisotopic (exact) mass is 195 g/mol. The molecule has 1 fully saturated rings. The molecule has 0 spiro atoms. The fourth-order valence-electron chi connectivity index (χ4n) is 2.03. The van der Waals surface area contributed by atoms with Crippen LogP contribution in [-0.4, -0.2) is 22.8 Å². The minimum Gasteiger partial charge on any atom is -0.381 e. The van der Waals surface area contributed by atoms with Gasteiger partial charge < -0.3 is 15.0 Å². The van der Waals surface area contributed by atoms with Crippen LogP contribution >= 0.6 is 0 Å². The number of ether oxygens (including phenoxy) is 1. The standard InChI is InChI=1S/C10H17N3O/c1-13-9(7-12-10(13)6-11)8-2-4-14-5-3-8/h7-8H,2-6,11H2,1H3. The van der Waals surface area contributed by atoms with Crippen LogP contribution < -0.4 is 5.73 Å². The summed E-state index contributed by atoms with van der Waals surface area (Å²) < 4.78 is 7.46. The van der Waals surface area contributed by atoms with E-state index in [1.807, 2.05) is 13.2 Å². The Balaban J connectivity index is 2.18. The summed E-state index contributed by atoms with van der Waals surface area (Å²) in [5, 5.41) is 0. The molecule has 1 aliphatic heterocycles. The quantitative estimate of drug-likeness (QED) is 0.758. The molecule has 2 N–H and O–H groups in total. The van der Waals surface area contributed by atoms with Gasteiger partial charge in [0.05, 0.1) is 6.54 Å². The first-order valence-corrected chi connectivity index (χ1v) is 5.11. The van der Waals surface area contributed by atoms with E-state index in [0.717, 1.165) is 31.9 Å². The molecule has 14 heavy (non-hydrogen) atoms. The molecule has 1 aromatic rings. The highest BCUT2D eigenvalue weighted by molar-refractivity contribution is 5.11. The molecule has 0 radical (unpaired) electrons. The Morgan fingerprint density at radius 1 is 1.57 bits per heavy atom. The summed E-state index contributed by atoms with van der Waals surface area (Å²) in [6.07, 6.45) is 4.16. The maximum Gasteiger partial charge on any atom is 0.122 e. The van der Waals surface area contributed by atoms with Gasteiger partial charge in [-0.25, -0.2) is 4.98 Å². The van der Waals surface area contributed by atoms with Crippen molar-refractivity contribution in [2.45, 2.75) is 25.3 Å². The second kappa shape index (κ2) is 4.11. The van der Waals surface area contributed by atoms with E-state index < -0.39 is 0 Å². The van der Waals surface area contributed by atoms with Crippen molar-refractivity contribution in [3.63, 3.8) is 0 Å². The molecule has 4 heteroatoms. The Morgan fingerprint density at radius 2 is 2.29 bits per heavy atom. The molecule has 0 saturated carbocycles. The van der Waals surface area contributed by atoms with Crippen molar-refractivity contribution in [2.75, 3.05) is 13.2 Å². The van der Waals surface area contributed by atoms with Gasteiger partial charge in [-0.15, -0.1) is 0 Å². The third-order valence-corrected chi connectivity index (χ3v) is 2.94. The highest BCUT2D eigenvalue weighted by atomic mass is 16.5. The number of aromatic nitrogens is 2. The molecule has 1 saturated heterocycles. The fourth-order valence-corrected chi connectivity index (χ4v) is 2.03. The highest BCUT2D eigenvalue weighted by Crippen LogP contribution is 2.26. The molecule has 1 aromatic heterocycles. The van der Waals surface area contributed by atoms with Crippen LogP contribution in [0.2, 0.25) is 0 Å². The molecule has 0 bridgehead atoms. The summed E-state index contributed by atoms with van der Waals surface area (Å²) in [6.45, 7) is 2.25. The Morgan fingerprint density at radius 3 is 2.86 bits per heavy atom. The minimum absolute atomic E-state index is 0.514. The zero-order valence-corrected chi connectivity index (χ0v) is 8.57. The molecular weight excluding hydrogens is 178 g/mol. The van der Waals surface area contributed by atoms with E-state index >= 15 is 0 Å². The van der Waals surface area contributed by atoms with E-state index in [1.165, 1.54) is 5.69 Å². The summed E-state index contributed by atoms with van der Waals surface area (Å²) in [7, 11) is 2.04. The van der Waals surface area contributed by atoms with E-state index in [1.54, 1.807) is 0 Å². The predicted molar refractivity (Wildman–Crippen MR) is 53.9 cm³/mol. The van der Waals surface area contributed by atoms with Crippen molar-refractivity contribution in [2.24, 2.45) is 12.8 Å². The van der Waals surface area contributed by atoms with E-state index in [-0.39, 0.29) is 0 Å². The summed E-state index contributed by atoms with van der Waals surface area (Å²) in [5.41, 5.74) is 6.89. The molecule has 0 amide bonds. The van der Waals surface area contributed by atoms with Gasteiger partial charge in [-0.05, 0) is 12.8 Å². The number of hydrogen-bond donors (Lipinski definition) is 1. The number of imidazole rings is 1. The second-order valence-electron chi connectivity index (χ2n) is 3.75. The first-order valence-electron chi connectivity index (χ1n) is 5.11. The van der Waals surface area contributed by atoms with Crippen molar-refractivity contribution in [3.8, 4) is 0 Å². The van der Waals surface area contributed by atoms with Crippen LogP contribution in [0.4, 0.5) is 0 Å². The van der Waals surface area contributed by atoms with Crippen LogP contribution in [0.1, 0.15) is 30.3 Å². The van der Waals surface area contributed by atoms with Gasteiger partial charge in [0.25, 0.3) is 0 Å². The van der Waals surface area contributed by atoms with Gasteiger partial charge in [0.2, 0.25) is 0 Å². The summed E-state index contributed by atoms with van der Waals surface area (Å²) in [6, 6.07) is 0. The zero-order chi connectivity index (χ0) is 9.97. The molecule has 2 rings (SSSR count). The summed E-state index contributed by atoms with van der Waals surface area (Å²) in [5.74, 6) is 1.56. The van der Waals surface area contributed by atoms with Crippen molar-refractivity contribution >= 4 is 0 Å². The van der Waals surface area contributed by atoms with Crippen molar-refractivity contribution in [3.05, 3.63) is 17.7 Å². The largest absolute Gasteiger partial charge is 0.381 e. The van der Waals surface area contributed by atoms with Crippen LogP contribution in [0.25, 0.3) is 0 Å². The number of rotatable bonds is 2. The van der Waals surface area contributed by atoms with Crippen molar-refractivity contribution in [1.82, 2.24) is 9.55 Å². The van der Waals surface area contributed by atoms with E-state index in [4.69, 9.17) is 10.5 Å². The van der Waals surface area contributed by atoms with Crippen LogP contribution in [0.15, 0.2) is 6.20 Å². The first kappa shape index (κ1) is 9.68. The van der Waals surface area contributed by atoms with Gasteiger partial charge >= 0.3 is 0 Å². The van der Waals surface area contributed by atoms with Crippen LogP contribution in [0.5, 0.6) is 0 Å². The first-order chi connectivity index (χ1) is 6.83. The number of hydrogen-bond acceptors (Lipinski definition) is 3. The lowest BCUT2D eigenvalue weighted by atomic mass is 9.97.